The molecule has 0 saturated heterocycles. The van der Waals surface area contributed by atoms with Crippen molar-refractivity contribution in [2.75, 3.05) is 60.1 Å². The van der Waals surface area contributed by atoms with Crippen LogP contribution in [-0.2, 0) is 17.7 Å². The second kappa shape index (κ2) is 14.2. The van der Waals surface area contributed by atoms with E-state index in [0.29, 0.717) is 37.8 Å². The molecule has 3 rings (SSSR count). The number of hydrogen-bond acceptors (Lipinski definition) is 5. The number of nitrogens with one attached hydrogen (secondary N) is 1. The van der Waals surface area contributed by atoms with Gasteiger partial charge in [0.2, 0.25) is 0 Å². The standard InChI is InChI=1S/C29H43N3O3/c1-23(2)11-14-32-15-16-34-17-18-35-28-10-9-26(29(33)30-12-6-13-31(3)4)21-27(28)20-24-7-5-8-25(19-24)22-32/h5,7-10,19,21,23H,6,11-18,20,22H2,1-4H3,(H,30,33). The molecule has 1 aliphatic heterocycles. The molecule has 0 unspecified atom stereocenters. The van der Waals surface area contributed by atoms with Crippen LogP contribution in [0.15, 0.2) is 42.5 Å². The summed E-state index contributed by atoms with van der Waals surface area (Å²) in [6, 6.07) is 14.5. The van der Waals surface area contributed by atoms with Crippen molar-refractivity contribution >= 4 is 5.91 Å². The van der Waals surface area contributed by atoms with Crippen molar-refractivity contribution in [1.82, 2.24) is 15.1 Å². The summed E-state index contributed by atoms with van der Waals surface area (Å²) in [7, 11) is 4.08. The Morgan fingerprint density at radius 1 is 1.09 bits per heavy atom. The Hall–Kier alpha value is -2.41. The Balaban J connectivity index is 1.76. The van der Waals surface area contributed by atoms with Crippen molar-refractivity contribution in [3.05, 3.63) is 64.7 Å². The lowest BCUT2D eigenvalue weighted by Crippen LogP contribution is -2.29. The number of fused-ring (bicyclic) bond motifs is 3. The molecule has 1 amide bonds. The van der Waals surface area contributed by atoms with Gasteiger partial charge in [-0.15, -0.1) is 0 Å². The number of ether oxygens (including phenoxy) is 2. The van der Waals surface area contributed by atoms with Crippen molar-refractivity contribution in [3.63, 3.8) is 0 Å². The highest BCUT2D eigenvalue weighted by atomic mass is 16.5. The number of amides is 1. The highest BCUT2D eigenvalue weighted by molar-refractivity contribution is 5.94. The number of benzene rings is 2. The van der Waals surface area contributed by atoms with E-state index in [4.69, 9.17) is 9.47 Å². The predicted octanol–water partition coefficient (Wildman–Crippen LogP) is 4.22. The molecule has 0 aliphatic carbocycles. The Labute approximate surface area is 211 Å². The Bertz CT molecular complexity index is 929. The zero-order valence-corrected chi connectivity index (χ0v) is 22.0. The summed E-state index contributed by atoms with van der Waals surface area (Å²) in [4.78, 5) is 17.4. The Morgan fingerprint density at radius 2 is 1.91 bits per heavy atom. The van der Waals surface area contributed by atoms with Crippen molar-refractivity contribution in [2.45, 2.75) is 39.7 Å². The fraction of sp³-hybridized carbons (Fsp3) is 0.552. The summed E-state index contributed by atoms with van der Waals surface area (Å²) in [6.45, 7) is 10.8. The van der Waals surface area contributed by atoms with Crippen LogP contribution in [0.5, 0.6) is 5.75 Å². The molecule has 0 fully saturated rings. The van der Waals surface area contributed by atoms with Gasteiger partial charge in [-0.25, -0.2) is 0 Å². The van der Waals surface area contributed by atoms with Gasteiger partial charge >= 0.3 is 0 Å². The van der Waals surface area contributed by atoms with Gasteiger partial charge in [-0.1, -0.05) is 38.1 Å². The van der Waals surface area contributed by atoms with Crippen LogP contribution >= 0.6 is 0 Å². The lowest BCUT2D eigenvalue weighted by Gasteiger charge is -2.24. The molecule has 0 saturated carbocycles. The average molecular weight is 482 g/mol. The van der Waals surface area contributed by atoms with Gasteiger partial charge in [0.25, 0.3) is 5.91 Å². The van der Waals surface area contributed by atoms with Crippen LogP contribution in [0.2, 0.25) is 0 Å². The molecule has 192 valence electrons. The van der Waals surface area contributed by atoms with Crippen LogP contribution in [0.25, 0.3) is 0 Å². The van der Waals surface area contributed by atoms with Gasteiger partial charge in [-0.2, -0.15) is 0 Å². The fourth-order valence-corrected chi connectivity index (χ4v) is 4.23. The molecule has 6 heteroatoms. The number of carbonyl (C=O) groups excluding carboxylic acids is 1. The second-order valence-corrected chi connectivity index (χ2v) is 10.2. The van der Waals surface area contributed by atoms with E-state index in [1.165, 1.54) is 17.5 Å². The quantitative estimate of drug-likeness (QED) is 0.573. The van der Waals surface area contributed by atoms with Crippen LogP contribution in [-0.4, -0.2) is 75.8 Å². The van der Waals surface area contributed by atoms with E-state index in [1.54, 1.807) is 0 Å². The highest BCUT2D eigenvalue weighted by Crippen LogP contribution is 2.25. The van der Waals surface area contributed by atoms with Crippen LogP contribution in [0.1, 0.15) is 53.7 Å². The van der Waals surface area contributed by atoms with Gasteiger partial charge in [0, 0.05) is 31.6 Å². The molecule has 6 nitrogen and oxygen atoms in total. The highest BCUT2D eigenvalue weighted by Gasteiger charge is 2.14. The SMILES string of the molecule is CC(C)CCN1CCOCCOc2ccc(C(=O)NCCCN(C)C)cc2Cc2cccc(c2)C1. The number of hydrogen-bond donors (Lipinski definition) is 1. The maximum atomic E-state index is 12.8. The maximum absolute atomic E-state index is 12.8. The lowest BCUT2D eigenvalue weighted by molar-refractivity contribution is 0.0764. The van der Waals surface area contributed by atoms with Gasteiger partial charge in [0.05, 0.1) is 13.2 Å². The largest absolute Gasteiger partial charge is 0.491 e. The Morgan fingerprint density at radius 3 is 2.71 bits per heavy atom. The first-order chi connectivity index (χ1) is 16.9. The predicted molar refractivity (Wildman–Crippen MR) is 142 cm³/mol. The van der Waals surface area contributed by atoms with Gasteiger partial charge in [0.15, 0.2) is 0 Å². The summed E-state index contributed by atoms with van der Waals surface area (Å²) in [5.74, 6) is 1.46. The number of nitrogens with zero attached hydrogens (tertiary/aromatic N) is 2. The smallest absolute Gasteiger partial charge is 0.251 e. The molecule has 1 aliphatic rings. The summed E-state index contributed by atoms with van der Waals surface area (Å²) in [5.41, 5.74) is 4.23. The summed E-state index contributed by atoms with van der Waals surface area (Å²) >= 11 is 0. The molecule has 1 heterocycles. The van der Waals surface area contributed by atoms with Crippen LogP contribution < -0.4 is 10.1 Å². The molecule has 1 N–H and O–H groups in total. The van der Waals surface area contributed by atoms with Gasteiger partial charge < -0.3 is 19.7 Å². The zero-order chi connectivity index (χ0) is 25.0. The van der Waals surface area contributed by atoms with Crippen LogP contribution in [0.3, 0.4) is 0 Å². The summed E-state index contributed by atoms with van der Waals surface area (Å²) in [5, 5.41) is 3.04. The summed E-state index contributed by atoms with van der Waals surface area (Å²) in [6.07, 6.45) is 2.82. The van der Waals surface area contributed by atoms with E-state index < -0.39 is 0 Å². The van der Waals surface area contributed by atoms with Gasteiger partial charge in [-0.3, -0.25) is 9.69 Å². The second-order valence-electron chi connectivity index (χ2n) is 10.2. The minimum absolute atomic E-state index is 0.0381. The normalized spacial score (nSPS) is 15.4. The van der Waals surface area contributed by atoms with Crippen molar-refractivity contribution in [3.8, 4) is 5.75 Å². The minimum atomic E-state index is -0.0381. The van der Waals surface area contributed by atoms with Crippen LogP contribution in [0.4, 0.5) is 0 Å². The average Bonchev–Trinajstić information content (AvgIpc) is 2.82. The summed E-state index contributed by atoms with van der Waals surface area (Å²) < 4.78 is 12.0. The molecular formula is C29H43N3O3. The van der Waals surface area contributed by atoms with Crippen molar-refractivity contribution in [1.29, 1.82) is 0 Å². The zero-order valence-electron chi connectivity index (χ0n) is 22.0. The third-order valence-corrected chi connectivity index (χ3v) is 6.24. The molecule has 0 atom stereocenters. The first-order valence-electron chi connectivity index (χ1n) is 13.0. The molecule has 2 bridgehead atoms. The molecule has 0 spiro atoms. The minimum Gasteiger partial charge on any atom is -0.491 e. The molecule has 0 radical (unpaired) electrons. The van der Waals surface area contributed by atoms with Crippen molar-refractivity contribution in [2.24, 2.45) is 5.92 Å². The third-order valence-electron chi connectivity index (χ3n) is 6.24. The van der Waals surface area contributed by atoms with Crippen LogP contribution in [0, 0.1) is 5.92 Å². The van der Waals surface area contributed by atoms with E-state index in [0.717, 1.165) is 50.3 Å². The first-order valence-corrected chi connectivity index (χ1v) is 13.0. The van der Waals surface area contributed by atoms with E-state index in [2.05, 4.69) is 53.2 Å². The van der Waals surface area contributed by atoms with E-state index in [-0.39, 0.29) is 5.91 Å². The Kier molecular flexibility index (Phi) is 11.0. The fourth-order valence-electron chi connectivity index (χ4n) is 4.23. The number of rotatable bonds is 8. The van der Waals surface area contributed by atoms with E-state index in [1.807, 2.05) is 32.3 Å². The monoisotopic (exact) mass is 481 g/mol. The molecule has 0 aromatic heterocycles. The van der Waals surface area contributed by atoms with Gasteiger partial charge in [-0.05, 0) is 80.8 Å². The molecule has 35 heavy (non-hydrogen) atoms. The number of carbonyl (C=O) groups is 1. The van der Waals surface area contributed by atoms with Crippen molar-refractivity contribution < 1.29 is 14.3 Å². The molecular weight excluding hydrogens is 438 g/mol. The first kappa shape index (κ1) is 27.2. The third kappa shape index (κ3) is 9.63. The van der Waals surface area contributed by atoms with E-state index in [9.17, 15) is 4.79 Å². The lowest BCUT2D eigenvalue weighted by atomic mass is 9.99. The molecule has 2 aromatic carbocycles. The maximum Gasteiger partial charge on any atom is 0.251 e. The van der Waals surface area contributed by atoms with Gasteiger partial charge in [0.1, 0.15) is 12.4 Å². The van der Waals surface area contributed by atoms with E-state index >= 15 is 0 Å². The molecule has 2 aromatic rings. The topological polar surface area (TPSA) is 54.0 Å².